The molecule has 4 nitrogen and oxygen atoms in total. The van der Waals surface area contributed by atoms with Gasteiger partial charge in [-0.25, -0.2) is 4.98 Å². The van der Waals surface area contributed by atoms with Gasteiger partial charge in [0.25, 0.3) is 5.56 Å². The number of hydrogen-bond donors (Lipinski definition) is 1. The van der Waals surface area contributed by atoms with Gasteiger partial charge in [0.2, 0.25) is 0 Å². The molecule has 90 valence electrons. The van der Waals surface area contributed by atoms with Gasteiger partial charge in [-0.05, 0) is 19.8 Å². The molecule has 1 saturated carbocycles. The molecule has 1 aliphatic carbocycles. The van der Waals surface area contributed by atoms with Crippen LogP contribution in [-0.2, 0) is 0 Å². The van der Waals surface area contributed by atoms with Gasteiger partial charge in [0.05, 0.1) is 12.0 Å². The van der Waals surface area contributed by atoms with Crippen molar-refractivity contribution in [2.24, 2.45) is 5.92 Å². The van der Waals surface area contributed by atoms with Gasteiger partial charge in [0, 0.05) is 17.0 Å². The Balaban J connectivity index is 2.14. The summed E-state index contributed by atoms with van der Waals surface area (Å²) in [6.45, 7) is 1.81. The first-order valence-corrected chi connectivity index (χ1v) is 6.71. The largest absolute Gasteiger partial charge is 0.301 e. The molecule has 1 N–H and O–H groups in total. The van der Waals surface area contributed by atoms with E-state index in [1.807, 2.05) is 6.92 Å². The molecule has 0 aliphatic heterocycles. The number of nitrogens with zero attached hydrogens (tertiary/aromatic N) is 2. The van der Waals surface area contributed by atoms with Gasteiger partial charge in [-0.2, -0.15) is 5.26 Å². The van der Waals surface area contributed by atoms with Crippen molar-refractivity contribution < 1.29 is 0 Å². The molecule has 1 fully saturated rings. The van der Waals surface area contributed by atoms with Crippen molar-refractivity contribution in [2.45, 2.75) is 43.0 Å². The summed E-state index contributed by atoms with van der Waals surface area (Å²) in [6, 6.07) is 3.84. The molecular formula is C12H15N3OS. The van der Waals surface area contributed by atoms with Gasteiger partial charge in [0.1, 0.15) is 0 Å². The van der Waals surface area contributed by atoms with E-state index in [4.69, 9.17) is 5.26 Å². The fourth-order valence-corrected chi connectivity index (χ4v) is 3.43. The van der Waals surface area contributed by atoms with Crippen molar-refractivity contribution >= 4 is 11.8 Å². The van der Waals surface area contributed by atoms with E-state index in [0.29, 0.717) is 5.16 Å². The SMILES string of the molecule is Cc1cc(=O)[nH]c(SC2CCCCC2C#N)n1. The normalized spacial score (nSPS) is 24.2. The van der Waals surface area contributed by atoms with Crippen LogP contribution in [0.4, 0.5) is 0 Å². The van der Waals surface area contributed by atoms with Crippen LogP contribution in [0.3, 0.4) is 0 Å². The van der Waals surface area contributed by atoms with E-state index in [1.165, 1.54) is 17.8 Å². The average Bonchev–Trinajstić information content (AvgIpc) is 2.28. The van der Waals surface area contributed by atoms with Gasteiger partial charge in [-0.3, -0.25) is 4.79 Å². The summed E-state index contributed by atoms with van der Waals surface area (Å²) in [6.07, 6.45) is 4.28. The first-order valence-electron chi connectivity index (χ1n) is 5.83. The molecule has 0 radical (unpaired) electrons. The molecule has 2 atom stereocenters. The number of aromatic amines is 1. The number of nitriles is 1. The smallest absolute Gasteiger partial charge is 0.251 e. The molecule has 2 rings (SSSR count). The highest BCUT2D eigenvalue weighted by molar-refractivity contribution is 7.99. The predicted molar refractivity (Wildman–Crippen MR) is 66.8 cm³/mol. The summed E-state index contributed by atoms with van der Waals surface area (Å²) in [4.78, 5) is 18.4. The Morgan fingerprint density at radius 1 is 1.53 bits per heavy atom. The van der Waals surface area contributed by atoms with Crippen molar-refractivity contribution in [2.75, 3.05) is 0 Å². The maximum absolute atomic E-state index is 11.3. The summed E-state index contributed by atoms with van der Waals surface area (Å²) in [7, 11) is 0. The monoisotopic (exact) mass is 249 g/mol. The van der Waals surface area contributed by atoms with Crippen LogP contribution >= 0.6 is 11.8 Å². The number of hydrogen-bond acceptors (Lipinski definition) is 4. The lowest BCUT2D eigenvalue weighted by atomic mass is 9.90. The van der Waals surface area contributed by atoms with Crippen molar-refractivity contribution in [3.05, 3.63) is 22.1 Å². The highest BCUT2D eigenvalue weighted by Crippen LogP contribution is 2.35. The number of aromatic nitrogens is 2. The van der Waals surface area contributed by atoms with Crippen molar-refractivity contribution in [1.82, 2.24) is 9.97 Å². The molecule has 2 unspecified atom stereocenters. The molecule has 1 aliphatic rings. The molecule has 0 bridgehead atoms. The second-order valence-electron chi connectivity index (χ2n) is 4.37. The Morgan fingerprint density at radius 2 is 2.29 bits per heavy atom. The first kappa shape index (κ1) is 12.2. The topological polar surface area (TPSA) is 69.5 Å². The first-order chi connectivity index (χ1) is 8.19. The number of thioether (sulfide) groups is 1. The van der Waals surface area contributed by atoms with E-state index in [1.54, 1.807) is 0 Å². The lowest BCUT2D eigenvalue weighted by Gasteiger charge is -2.25. The number of aryl methyl sites for hydroxylation is 1. The summed E-state index contributed by atoms with van der Waals surface area (Å²) < 4.78 is 0. The fraction of sp³-hybridized carbons (Fsp3) is 0.583. The van der Waals surface area contributed by atoms with Crippen LogP contribution in [0, 0.1) is 24.2 Å². The Hall–Kier alpha value is -1.28. The lowest BCUT2D eigenvalue weighted by molar-refractivity contribution is 0.439. The summed E-state index contributed by atoms with van der Waals surface area (Å²) in [5.41, 5.74) is 0.602. The lowest BCUT2D eigenvalue weighted by Crippen LogP contribution is -2.21. The van der Waals surface area contributed by atoms with Gasteiger partial charge in [-0.1, -0.05) is 24.6 Å². The second-order valence-corrected chi connectivity index (χ2v) is 5.60. The third-order valence-electron chi connectivity index (χ3n) is 2.98. The zero-order chi connectivity index (χ0) is 12.3. The van der Waals surface area contributed by atoms with Crippen molar-refractivity contribution in [3.63, 3.8) is 0 Å². The maximum atomic E-state index is 11.3. The van der Waals surface area contributed by atoms with Gasteiger partial charge >= 0.3 is 0 Å². The quantitative estimate of drug-likeness (QED) is 0.816. The molecule has 1 aromatic heterocycles. The molecule has 1 heterocycles. The Morgan fingerprint density at radius 3 is 3.00 bits per heavy atom. The van der Waals surface area contributed by atoms with Gasteiger partial charge in [-0.15, -0.1) is 0 Å². The molecule has 0 spiro atoms. The third kappa shape index (κ3) is 3.10. The third-order valence-corrected chi connectivity index (χ3v) is 4.26. The average molecular weight is 249 g/mol. The maximum Gasteiger partial charge on any atom is 0.251 e. The predicted octanol–water partition coefficient (Wildman–Crippen LogP) is 2.25. The molecular weight excluding hydrogens is 234 g/mol. The van der Waals surface area contributed by atoms with Crippen LogP contribution in [0.5, 0.6) is 0 Å². The van der Waals surface area contributed by atoms with Crippen LogP contribution < -0.4 is 5.56 Å². The van der Waals surface area contributed by atoms with Crippen molar-refractivity contribution in [1.29, 1.82) is 5.26 Å². The molecule has 1 aromatic rings. The Labute approximate surface area is 104 Å². The number of nitrogens with one attached hydrogen (secondary N) is 1. The highest BCUT2D eigenvalue weighted by Gasteiger charge is 2.26. The number of rotatable bonds is 2. The van der Waals surface area contributed by atoms with E-state index in [2.05, 4.69) is 16.0 Å². The summed E-state index contributed by atoms with van der Waals surface area (Å²) in [5, 5.41) is 10.00. The summed E-state index contributed by atoms with van der Waals surface area (Å²) >= 11 is 1.54. The van der Waals surface area contributed by atoms with E-state index >= 15 is 0 Å². The van der Waals surface area contributed by atoms with Crippen LogP contribution in [0.2, 0.25) is 0 Å². The minimum atomic E-state index is -0.121. The molecule has 0 amide bonds. The van der Waals surface area contributed by atoms with E-state index < -0.39 is 0 Å². The van der Waals surface area contributed by atoms with E-state index in [9.17, 15) is 4.79 Å². The standard InChI is InChI=1S/C12H15N3OS/c1-8-6-11(16)15-12(14-8)17-10-5-3-2-4-9(10)7-13/h6,9-10H,2-5H2,1H3,(H,14,15,16). The molecule has 17 heavy (non-hydrogen) atoms. The van der Waals surface area contributed by atoms with Crippen LogP contribution in [0.25, 0.3) is 0 Å². The highest BCUT2D eigenvalue weighted by atomic mass is 32.2. The van der Waals surface area contributed by atoms with Crippen molar-refractivity contribution in [3.8, 4) is 6.07 Å². The Kier molecular flexibility index (Phi) is 3.85. The van der Waals surface area contributed by atoms with E-state index in [0.717, 1.165) is 31.4 Å². The minimum Gasteiger partial charge on any atom is -0.301 e. The van der Waals surface area contributed by atoms with Crippen LogP contribution in [0.15, 0.2) is 16.0 Å². The summed E-state index contributed by atoms with van der Waals surface area (Å²) in [5.74, 6) is 0.0829. The molecule has 5 heteroatoms. The zero-order valence-electron chi connectivity index (χ0n) is 9.77. The Bertz CT molecular complexity index is 491. The minimum absolute atomic E-state index is 0.0829. The van der Waals surface area contributed by atoms with Gasteiger partial charge in [0.15, 0.2) is 5.16 Å². The molecule has 0 aromatic carbocycles. The zero-order valence-corrected chi connectivity index (χ0v) is 10.6. The molecule has 0 saturated heterocycles. The fourth-order valence-electron chi connectivity index (χ4n) is 2.14. The van der Waals surface area contributed by atoms with Crippen LogP contribution in [0.1, 0.15) is 31.4 Å². The van der Waals surface area contributed by atoms with Crippen LogP contribution in [-0.4, -0.2) is 15.2 Å². The second kappa shape index (κ2) is 5.37. The number of H-pyrrole nitrogens is 1. The van der Waals surface area contributed by atoms with Gasteiger partial charge < -0.3 is 4.98 Å². The van der Waals surface area contributed by atoms with E-state index in [-0.39, 0.29) is 16.7 Å².